The molecule has 2 aromatic carbocycles. The van der Waals surface area contributed by atoms with E-state index >= 15 is 0 Å². The van der Waals surface area contributed by atoms with Crippen molar-refractivity contribution in [2.24, 2.45) is 5.92 Å². The first kappa shape index (κ1) is 25.2. The highest BCUT2D eigenvalue weighted by Gasteiger charge is 2.34. The Hall–Kier alpha value is -2.90. The maximum Gasteiger partial charge on any atom is 0.225 e. The number of aryl methyl sites for hydroxylation is 1. The summed E-state index contributed by atoms with van der Waals surface area (Å²) >= 11 is 0. The van der Waals surface area contributed by atoms with E-state index in [9.17, 15) is 9.59 Å². The zero-order valence-electron chi connectivity index (χ0n) is 20.9. The molecule has 1 atom stereocenters. The molecule has 2 aliphatic rings. The summed E-state index contributed by atoms with van der Waals surface area (Å²) in [4.78, 5) is 29.3. The molecule has 7 heteroatoms. The molecule has 2 aliphatic heterocycles. The fourth-order valence-electron chi connectivity index (χ4n) is 4.71. The summed E-state index contributed by atoms with van der Waals surface area (Å²) in [6, 6.07) is 16.6. The predicted molar refractivity (Wildman–Crippen MR) is 135 cm³/mol. The molecule has 1 N–H and O–H groups in total. The minimum atomic E-state index is -0.312. The van der Waals surface area contributed by atoms with Gasteiger partial charge in [-0.2, -0.15) is 0 Å². The minimum absolute atomic E-state index is 0.0341. The van der Waals surface area contributed by atoms with Gasteiger partial charge in [-0.15, -0.1) is 0 Å². The van der Waals surface area contributed by atoms with Gasteiger partial charge < -0.3 is 19.7 Å². The molecule has 0 bridgehead atoms. The lowest BCUT2D eigenvalue weighted by Gasteiger charge is -2.31. The molecule has 2 fully saturated rings. The second-order valence-corrected chi connectivity index (χ2v) is 9.70. The third-order valence-corrected chi connectivity index (χ3v) is 6.97. The number of likely N-dealkylation sites (N-methyl/N-ethyl adjacent to an activating group) is 1. The monoisotopic (exact) mass is 479 g/mol. The molecule has 0 saturated carbocycles. The molecular weight excluding hydrogens is 442 g/mol. The van der Waals surface area contributed by atoms with Gasteiger partial charge in [0.05, 0.1) is 5.92 Å². The van der Waals surface area contributed by atoms with E-state index in [1.807, 2.05) is 55.5 Å². The quantitative estimate of drug-likeness (QED) is 0.567. The second kappa shape index (κ2) is 12.2. The molecule has 2 saturated heterocycles. The van der Waals surface area contributed by atoms with Gasteiger partial charge in [0, 0.05) is 51.9 Å². The first-order valence-electron chi connectivity index (χ1n) is 12.6. The normalized spacial score (nSPS) is 18.8. The Balaban J connectivity index is 1.20. The molecule has 35 heavy (non-hydrogen) atoms. The molecule has 0 aromatic heterocycles. The van der Waals surface area contributed by atoms with E-state index in [4.69, 9.17) is 9.47 Å². The molecular formula is C28H37N3O4. The van der Waals surface area contributed by atoms with Crippen LogP contribution in [-0.4, -0.2) is 67.6 Å². The van der Waals surface area contributed by atoms with Crippen molar-refractivity contribution in [2.75, 3.05) is 40.0 Å². The van der Waals surface area contributed by atoms with Crippen LogP contribution in [0.1, 0.15) is 36.0 Å². The summed E-state index contributed by atoms with van der Waals surface area (Å²) in [7, 11) is 2.14. The van der Waals surface area contributed by atoms with E-state index in [2.05, 4.69) is 17.3 Å². The number of nitrogens with one attached hydrogen (secondary N) is 1. The van der Waals surface area contributed by atoms with Gasteiger partial charge in [0.15, 0.2) is 0 Å². The van der Waals surface area contributed by atoms with Crippen molar-refractivity contribution in [1.82, 2.24) is 15.1 Å². The summed E-state index contributed by atoms with van der Waals surface area (Å²) in [5.41, 5.74) is 3.26. The summed E-state index contributed by atoms with van der Waals surface area (Å²) in [5, 5.41) is 3.00. The van der Waals surface area contributed by atoms with E-state index in [1.54, 1.807) is 4.90 Å². The highest BCUT2D eigenvalue weighted by molar-refractivity contribution is 5.89. The zero-order valence-corrected chi connectivity index (χ0v) is 20.9. The molecule has 2 amide bonds. The Kier molecular flexibility index (Phi) is 8.77. The molecule has 0 spiro atoms. The highest BCUT2D eigenvalue weighted by atomic mass is 16.5. The van der Waals surface area contributed by atoms with Gasteiger partial charge in [0.25, 0.3) is 0 Å². The summed E-state index contributed by atoms with van der Waals surface area (Å²) < 4.78 is 11.4. The molecule has 0 radical (unpaired) electrons. The topological polar surface area (TPSA) is 71.1 Å². The van der Waals surface area contributed by atoms with E-state index in [0.717, 1.165) is 49.5 Å². The average Bonchev–Trinajstić information content (AvgIpc) is 3.24. The number of benzene rings is 2. The highest BCUT2D eigenvalue weighted by Crippen LogP contribution is 2.21. The van der Waals surface area contributed by atoms with Crippen LogP contribution in [0, 0.1) is 12.8 Å². The molecule has 7 nitrogen and oxygen atoms in total. The second-order valence-electron chi connectivity index (χ2n) is 9.70. The van der Waals surface area contributed by atoms with Crippen molar-refractivity contribution in [1.29, 1.82) is 0 Å². The maximum absolute atomic E-state index is 12.8. The molecule has 2 heterocycles. The van der Waals surface area contributed by atoms with E-state index in [-0.39, 0.29) is 24.2 Å². The minimum Gasteiger partial charge on any atom is -0.492 e. The Morgan fingerprint density at radius 3 is 2.69 bits per heavy atom. The number of amides is 2. The van der Waals surface area contributed by atoms with Crippen molar-refractivity contribution < 1.29 is 19.1 Å². The Labute approximate surface area is 208 Å². The first-order chi connectivity index (χ1) is 17.0. The van der Waals surface area contributed by atoms with Crippen LogP contribution in [0.15, 0.2) is 48.5 Å². The zero-order chi connectivity index (χ0) is 24.6. The van der Waals surface area contributed by atoms with Crippen molar-refractivity contribution in [3.05, 3.63) is 65.2 Å². The molecule has 188 valence electrons. The van der Waals surface area contributed by atoms with Crippen LogP contribution in [-0.2, 0) is 27.4 Å². The van der Waals surface area contributed by atoms with E-state index < -0.39 is 0 Å². The molecule has 0 aliphatic carbocycles. The van der Waals surface area contributed by atoms with Gasteiger partial charge in [-0.25, -0.2) is 0 Å². The first-order valence-corrected chi connectivity index (χ1v) is 12.6. The van der Waals surface area contributed by atoms with Gasteiger partial charge in [0.1, 0.15) is 12.4 Å². The number of likely N-dealkylation sites (tertiary alicyclic amines) is 1. The number of rotatable bonds is 10. The Morgan fingerprint density at radius 1 is 1.14 bits per heavy atom. The third-order valence-electron chi connectivity index (χ3n) is 6.97. The summed E-state index contributed by atoms with van der Waals surface area (Å²) in [6.07, 6.45) is 2.41. The standard InChI is InChI=1S/C28H37N3O4/c1-21-6-8-22(9-7-21)19-31-20-24(17-27(31)32)28(33)29-18-23-4-3-5-26(16-23)35-15-12-30(2)25-10-13-34-14-11-25/h3-9,16,24-25H,10-15,17-20H2,1-2H3,(H,29,33). The van der Waals surface area contributed by atoms with Crippen molar-refractivity contribution in [3.63, 3.8) is 0 Å². The lowest BCUT2D eigenvalue weighted by atomic mass is 10.1. The number of nitrogens with zero attached hydrogens (tertiary/aromatic N) is 2. The number of hydrogen-bond donors (Lipinski definition) is 1. The number of hydrogen-bond acceptors (Lipinski definition) is 5. The number of carbonyl (C=O) groups excluding carboxylic acids is 2. The maximum atomic E-state index is 12.8. The number of ether oxygens (including phenoxy) is 2. The average molecular weight is 480 g/mol. The SMILES string of the molecule is Cc1ccc(CN2CC(C(=O)NCc3cccc(OCCN(C)C4CCOCC4)c3)CC2=O)cc1. The van der Waals surface area contributed by atoms with Gasteiger partial charge in [0.2, 0.25) is 11.8 Å². The fourth-order valence-corrected chi connectivity index (χ4v) is 4.71. The van der Waals surface area contributed by atoms with Crippen LogP contribution in [0.5, 0.6) is 5.75 Å². The third kappa shape index (κ3) is 7.29. The van der Waals surface area contributed by atoms with Crippen molar-refractivity contribution in [2.45, 2.75) is 45.3 Å². The van der Waals surface area contributed by atoms with Crippen LogP contribution in [0.4, 0.5) is 0 Å². The predicted octanol–water partition coefficient (Wildman–Crippen LogP) is 3.15. The summed E-state index contributed by atoms with van der Waals surface area (Å²) in [5.74, 6) is 0.451. The lowest BCUT2D eigenvalue weighted by molar-refractivity contribution is -0.129. The van der Waals surface area contributed by atoms with Crippen LogP contribution in [0.2, 0.25) is 0 Å². The van der Waals surface area contributed by atoms with Crippen LogP contribution in [0.3, 0.4) is 0 Å². The lowest BCUT2D eigenvalue weighted by Crippen LogP contribution is -2.38. The Morgan fingerprint density at radius 2 is 1.91 bits per heavy atom. The molecule has 4 rings (SSSR count). The van der Waals surface area contributed by atoms with Gasteiger partial charge >= 0.3 is 0 Å². The Bertz CT molecular complexity index is 988. The van der Waals surface area contributed by atoms with Gasteiger partial charge in [-0.3, -0.25) is 14.5 Å². The van der Waals surface area contributed by atoms with Crippen molar-refractivity contribution in [3.8, 4) is 5.75 Å². The van der Waals surface area contributed by atoms with Crippen LogP contribution in [0.25, 0.3) is 0 Å². The molecule has 1 unspecified atom stereocenters. The van der Waals surface area contributed by atoms with Crippen LogP contribution >= 0.6 is 0 Å². The fraction of sp³-hybridized carbons (Fsp3) is 0.500. The molecule has 2 aromatic rings. The smallest absolute Gasteiger partial charge is 0.225 e. The van der Waals surface area contributed by atoms with Crippen molar-refractivity contribution >= 4 is 11.8 Å². The van der Waals surface area contributed by atoms with E-state index in [1.165, 1.54) is 5.56 Å². The van der Waals surface area contributed by atoms with E-state index in [0.29, 0.717) is 32.3 Å². The van der Waals surface area contributed by atoms with Gasteiger partial charge in [-0.05, 0) is 50.1 Å². The number of carbonyl (C=O) groups is 2. The largest absolute Gasteiger partial charge is 0.492 e. The van der Waals surface area contributed by atoms with Gasteiger partial charge in [-0.1, -0.05) is 42.0 Å². The summed E-state index contributed by atoms with van der Waals surface area (Å²) in [6.45, 7) is 6.62. The van der Waals surface area contributed by atoms with Crippen LogP contribution < -0.4 is 10.1 Å².